The van der Waals surface area contributed by atoms with E-state index < -0.39 is 10.8 Å². The highest BCUT2D eigenvalue weighted by molar-refractivity contribution is 14.0. The highest BCUT2D eigenvalue weighted by atomic mass is 127. The Bertz CT molecular complexity index is 675. The molecule has 0 spiro atoms. The van der Waals surface area contributed by atoms with Gasteiger partial charge < -0.3 is 20.1 Å². The number of hydrogen-bond acceptors (Lipinski definition) is 4. The van der Waals surface area contributed by atoms with Crippen LogP contribution in [0.1, 0.15) is 57.6 Å². The molecule has 1 aliphatic carbocycles. The SMILES string of the molecule is CCNC(=NCc1cccc(COCCOCC)c1)NC1CCCC(S(=O)CC)C1.I. The number of rotatable bonds is 12. The number of nitrogens with one attached hydrogen (secondary N) is 2. The van der Waals surface area contributed by atoms with Crippen molar-refractivity contribution in [2.75, 3.05) is 32.1 Å². The molecule has 0 amide bonds. The van der Waals surface area contributed by atoms with E-state index in [0.717, 1.165) is 61.7 Å². The van der Waals surface area contributed by atoms with Crippen molar-refractivity contribution < 1.29 is 13.7 Å². The topological polar surface area (TPSA) is 72.0 Å². The Labute approximate surface area is 207 Å². The van der Waals surface area contributed by atoms with Crippen LogP contribution in [0, 0.1) is 0 Å². The molecule has 2 N–H and O–H groups in total. The summed E-state index contributed by atoms with van der Waals surface area (Å²) in [7, 11) is -0.714. The quantitative estimate of drug-likeness (QED) is 0.174. The molecule has 0 bridgehead atoms. The normalized spacial score (nSPS) is 20.0. The molecule has 6 nitrogen and oxygen atoms in total. The van der Waals surface area contributed by atoms with Crippen molar-refractivity contribution in [2.24, 2.45) is 4.99 Å². The molecule has 3 atom stereocenters. The van der Waals surface area contributed by atoms with E-state index in [9.17, 15) is 4.21 Å². The number of halogens is 1. The molecule has 31 heavy (non-hydrogen) atoms. The van der Waals surface area contributed by atoms with Gasteiger partial charge in [-0.1, -0.05) is 37.6 Å². The minimum absolute atomic E-state index is 0. The van der Waals surface area contributed by atoms with E-state index in [1.807, 2.05) is 13.8 Å². The average Bonchev–Trinajstić information content (AvgIpc) is 2.77. The summed E-state index contributed by atoms with van der Waals surface area (Å²) in [4.78, 5) is 4.79. The number of aliphatic imine (C=N–C) groups is 1. The maximum Gasteiger partial charge on any atom is 0.191 e. The lowest BCUT2D eigenvalue weighted by Gasteiger charge is -2.30. The minimum Gasteiger partial charge on any atom is -0.379 e. The van der Waals surface area contributed by atoms with Crippen LogP contribution in [0.4, 0.5) is 0 Å². The number of hydrogen-bond donors (Lipinski definition) is 2. The van der Waals surface area contributed by atoms with Gasteiger partial charge in [-0.15, -0.1) is 24.0 Å². The summed E-state index contributed by atoms with van der Waals surface area (Å²) in [5.74, 6) is 1.58. The van der Waals surface area contributed by atoms with E-state index in [0.29, 0.717) is 37.7 Å². The molecule has 3 unspecified atom stereocenters. The van der Waals surface area contributed by atoms with Gasteiger partial charge >= 0.3 is 0 Å². The first kappa shape index (κ1) is 28.3. The van der Waals surface area contributed by atoms with E-state index >= 15 is 0 Å². The second-order valence-electron chi connectivity index (χ2n) is 7.56. The molecular weight excluding hydrogens is 525 g/mol. The van der Waals surface area contributed by atoms with Gasteiger partial charge in [0.15, 0.2) is 5.96 Å². The summed E-state index contributed by atoms with van der Waals surface area (Å²) in [5, 5.41) is 7.23. The summed E-state index contributed by atoms with van der Waals surface area (Å²) in [5.41, 5.74) is 2.31. The molecular formula is C23H40IN3O3S. The highest BCUT2D eigenvalue weighted by Gasteiger charge is 2.26. The summed E-state index contributed by atoms with van der Waals surface area (Å²) < 4.78 is 23.2. The van der Waals surface area contributed by atoms with Crippen LogP contribution in [-0.2, 0) is 33.4 Å². The summed E-state index contributed by atoms with van der Waals surface area (Å²) in [6.07, 6.45) is 4.26. The second kappa shape index (κ2) is 16.9. The Kier molecular flexibility index (Phi) is 15.4. The molecule has 1 aromatic rings. The monoisotopic (exact) mass is 565 g/mol. The third-order valence-electron chi connectivity index (χ3n) is 5.22. The van der Waals surface area contributed by atoms with Gasteiger partial charge in [-0.25, -0.2) is 4.99 Å². The molecule has 8 heteroatoms. The van der Waals surface area contributed by atoms with Crippen molar-refractivity contribution >= 4 is 40.7 Å². The first-order valence-corrected chi connectivity index (χ1v) is 12.7. The van der Waals surface area contributed by atoms with E-state index in [1.165, 1.54) is 0 Å². The largest absolute Gasteiger partial charge is 0.379 e. The van der Waals surface area contributed by atoms with Gasteiger partial charge in [0.05, 0.1) is 26.4 Å². The fourth-order valence-electron chi connectivity index (χ4n) is 3.70. The summed E-state index contributed by atoms with van der Waals surface area (Å²) >= 11 is 0. The zero-order valence-corrected chi connectivity index (χ0v) is 22.4. The van der Waals surface area contributed by atoms with Crippen molar-refractivity contribution in [2.45, 2.75) is 70.9 Å². The van der Waals surface area contributed by atoms with Crippen LogP contribution in [-0.4, -0.2) is 53.6 Å². The lowest BCUT2D eigenvalue weighted by atomic mass is 9.95. The van der Waals surface area contributed by atoms with Gasteiger partial charge in [-0.3, -0.25) is 4.21 Å². The Morgan fingerprint density at radius 1 is 1.16 bits per heavy atom. The fourth-order valence-corrected chi connectivity index (χ4v) is 5.05. The molecule has 1 aromatic carbocycles. The van der Waals surface area contributed by atoms with E-state index in [4.69, 9.17) is 14.5 Å². The van der Waals surface area contributed by atoms with E-state index in [2.05, 4.69) is 41.8 Å². The summed E-state index contributed by atoms with van der Waals surface area (Å²) in [6, 6.07) is 8.71. The Morgan fingerprint density at radius 3 is 2.68 bits per heavy atom. The Balaban J connectivity index is 0.00000480. The maximum absolute atomic E-state index is 12.2. The lowest BCUT2D eigenvalue weighted by Crippen LogP contribution is -2.46. The zero-order valence-electron chi connectivity index (χ0n) is 19.2. The molecule has 2 rings (SSSR count). The predicted octanol–water partition coefficient (Wildman–Crippen LogP) is 3.99. The first-order chi connectivity index (χ1) is 14.7. The molecule has 1 saturated carbocycles. The number of guanidine groups is 1. The predicted molar refractivity (Wildman–Crippen MR) is 141 cm³/mol. The first-order valence-electron chi connectivity index (χ1n) is 11.3. The average molecular weight is 566 g/mol. The number of ether oxygens (including phenoxy) is 2. The minimum atomic E-state index is -0.714. The van der Waals surface area contributed by atoms with Crippen molar-refractivity contribution in [3.05, 3.63) is 35.4 Å². The molecule has 0 radical (unpaired) electrons. The van der Waals surface area contributed by atoms with E-state index in [-0.39, 0.29) is 24.0 Å². The van der Waals surface area contributed by atoms with Crippen LogP contribution in [0.25, 0.3) is 0 Å². The highest BCUT2D eigenvalue weighted by Crippen LogP contribution is 2.23. The summed E-state index contributed by atoms with van der Waals surface area (Å²) in [6.45, 7) is 10.0. The molecule has 0 aromatic heterocycles. The molecule has 0 saturated heterocycles. The fraction of sp³-hybridized carbons (Fsp3) is 0.696. The van der Waals surface area contributed by atoms with Crippen LogP contribution in [0.15, 0.2) is 29.3 Å². The standard InChI is InChI=1S/C23H39N3O3S.HI/c1-4-24-23(26-21-11-8-12-22(16-21)30(27)6-3)25-17-19-9-7-10-20(15-19)18-29-14-13-28-5-2;/h7,9-10,15,21-22H,4-6,8,11-14,16-18H2,1-3H3,(H2,24,25,26);1H. The Hall–Kier alpha value is -0.710. The maximum atomic E-state index is 12.2. The van der Waals surface area contributed by atoms with Crippen LogP contribution in [0.2, 0.25) is 0 Å². The van der Waals surface area contributed by atoms with Gasteiger partial charge in [0.2, 0.25) is 0 Å². The smallest absolute Gasteiger partial charge is 0.191 e. The van der Waals surface area contributed by atoms with E-state index in [1.54, 1.807) is 0 Å². The van der Waals surface area contributed by atoms with Gasteiger partial charge in [0.1, 0.15) is 0 Å². The Morgan fingerprint density at radius 2 is 1.94 bits per heavy atom. The third-order valence-corrected chi connectivity index (χ3v) is 6.96. The molecule has 178 valence electrons. The van der Waals surface area contributed by atoms with Crippen molar-refractivity contribution in [1.82, 2.24) is 10.6 Å². The number of benzene rings is 1. The number of nitrogens with zero attached hydrogens (tertiary/aromatic N) is 1. The van der Waals surface area contributed by atoms with Gasteiger partial charge in [0, 0.05) is 41.0 Å². The van der Waals surface area contributed by atoms with Crippen molar-refractivity contribution in [3.8, 4) is 0 Å². The molecule has 0 heterocycles. The van der Waals surface area contributed by atoms with Crippen LogP contribution >= 0.6 is 24.0 Å². The van der Waals surface area contributed by atoms with Gasteiger partial charge in [-0.2, -0.15) is 0 Å². The molecule has 1 fully saturated rings. The van der Waals surface area contributed by atoms with Crippen molar-refractivity contribution in [1.29, 1.82) is 0 Å². The van der Waals surface area contributed by atoms with Gasteiger partial charge in [-0.05, 0) is 44.2 Å². The third kappa shape index (κ3) is 11.1. The molecule has 0 aliphatic heterocycles. The van der Waals surface area contributed by atoms with Crippen LogP contribution < -0.4 is 10.6 Å². The van der Waals surface area contributed by atoms with Crippen LogP contribution in [0.5, 0.6) is 0 Å². The van der Waals surface area contributed by atoms with Crippen LogP contribution in [0.3, 0.4) is 0 Å². The molecule has 1 aliphatic rings. The zero-order chi connectivity index (χ0) is 21.6. The second-order valence-corrected chi connectivity index (χ2v) is 9.57. The van der Waals surface area contributed by atoms with Gasteiger partial charge in [0.25, 0.3) is 0 Å². The lowest BCUT2D eigenvalue weighted by molar-refractivity contribution is 0.0453. The van der Waals surface area contributed by atoms with Crippen molar-refractivity contribution in [3.63, 3.8) is 0 Å².